The van der Waals surface area contributed by atoms with Crippen molar-refractivity contribution in [3.05, 3.63) is 33.3 Å². The average molecular weight is 432 g/mol. The number of amides is 2. The normalized spacial score (nSPS) is 18.0. The van der Waals surface area contributed by atoms with Gasteiger partial charge >= 0.3 is 6.09 Å². The summed E-state index contributed by atoms with van der Waals surface area (Å²) >= 11 is 9.54. The highest BCUT2D eigenvalue weighted by molar-refractivity contribution is 9.10. The number of carbonyl (C=O) groups excluding carboxylic acids is 2. The van der Waals surface area contributed by atoms with E-state index in [1.165, 1.54) is 0 Å². The molecule has 0 saturated carbocycles. The Labute approximate surface area is 162 Å². The number of likely N-dealkylation sites (tertiary alicyclic amines) is 1. The quantitative estimate of drug-likeness (QED) is 0.767. The van der Waals surface area contributed by atoms with Gasteiger partial charge in [-0.2, -0.15) is 0 Å². The number of alkyl carbamates (subject to hydrolysis) is 1. The molecule has 5 nitrogen and oxygen atoms in total. The van der Waals surface area contributed by atoms with Crippen molar-refractivity contribution in [2.45, 2.75) is 39.2 Å². The molecule has 0 unspecified atom stereocenters. The SMILES string of the molecule is CC(C)(C)OC(=O)NC[C@H]1CCCN(C(=O)c2cc(Br)ccc2Cl)C1. The van der Waals surface area contributed by atoms with Crippen molar-refractivity contribution in [3.63, 3.8) is 0 Å². The number of hydrogen-bond acceptors (Lipinski definition) is 3. The second kappa shape index (κ2) is 8.41. The zero-order valence-corrected chi connectivity index (χ0v) is 17.1. The number of piperidine rings is 1. The van der Waals surface area contributed by atoms with Gasteiger partial charge in [0.05, 0.1) is 10.6 Å². The second-order valence-corrected chi connectivity index (χ2v) is 8.59. The summed E-state index contributed by atoms with van der Waals surface area (Å²) in [7, 11) is 0. The van der Waals surface area contributed by atoms with Gasteiger partial charge in [-0.3, -0.25) is 4.79 Å². The number of benzene rings is 1. The predicted octanol–water partition coefficient (Wildman–Crippen LogP) is 4.48. The van der Waals surface area contributed by atoms with Crippen molar-refractivity contribution in [3.8, 4) is 0 Å². The lowest BCUT2D eigenvalue weighted by Gasteiger charge is -2.33. The van der Waals surface area contributed by atoms with E-state index in [0.717, 1.165) is 17.3 Å². The summed E-state index contributed by atoms with van der Waals surface area (Å²) < 4.78 is 6.07. The lowest BCUT2D eigenvalue weighted by atomic mass is 9.97. The van der Waals surface area contributed by atoms with Crippen LogP contribution in [0.4, 0.5) is 4.79 Å². The molecular weight excluding hydrogens is 408 g/mol. The van der Waals surface area contributed by atoms with Crippen LogP contribution < -0.4 is 5.32 Å². The molecule has 2 amide bonds. The lowest BCUT2D eigenvalue weighted by molar-refractivity contribution is 0.0502. The molecule has 1 saturated heterocycles. The number of carbonyl (C=O) groups is 2. The number of nitrogens with one attached hydrogen (secondary N) is 1. The van der Waals surface area contributed by atoms with E-state index in [1.54, 1.807) is 17.0 Å². The minimum Gasteiger partial charge on any atom is -0.444 e. The monoisotopic (exact) mass is 430 g/mol. The Kier molecular flexibility index (Phi) is 6.74. The van der Waals surface area contributed by atoms with Crippen LogP contribution in [0.25, 0.3) is 0 Å². The number of hydrogen-bond donors (Lipinski definition) is 1. The van der Waals surface area contributed by atoms with Gasteiger partial charge in [0.25, 0.3) is 5.91 Å². The lowest BCUT2D eigenvalue weighted by Crippen LogP contribution is -2.44. The van der Waals surface area contributed by atoms with Crippen LogP contribution in [0.5, 0.6) is 0 Å². The summed E-state index contributed by atoms with van der Waals surface area (Å²) in [5.41, 5.74) is -0.0207. The van der Waals surface area contributed by atoms with E-state index in [1.807, 2.05) is 26.8 Å². The molecule has 1 aromatic carbocycles. The molecular formula is C18H24BrClN2O3. The van der Waals surface area contributed by atoms with Crippen LogP contribution >= 0.6 is 27.5 Å². The maximum Gasteiger partial charge on any atom is 0.407 e. The van der Waals surface area contributed by atoms with E-state index in [4.69, 9.17) is 16.3 Å². The second-order valence-electron chi connectivity index (χ2n) is 7.27. The largest absolute Gasteiger partial charge is 0.444 e. The van der Waals surface area contributed by atoms with Gasteiger partial charge in [0.1, 0.15) is 5.60 Å². The van der Waals surface area contributed by atoms with Crippen molar-refractivity contribution >= 4 is 39.5 Å². The standard InChI is InChI=1S/C18H24BrClN2O3/c1-18(2,3)25-17(24)21-10-12-5-4-8-22(11-12)16(23)14-9-13(19)6-7-15(14)20/h6-7,9,12H,4-5,8,10-11H2,1-3H3,(H,21,24)/t12-/m1/s1. The average Bonchev–Trinajstić information content (AvgIpc) is 2.53. The van der Waals surface area contributed by atoms with Crippen molar-refractivity contribution in [2.75, 3.05) is 19.6 Å². The molecule has 25 heavy (non-hydrogen) atoms. The zero-order valence-electron chi connectivity index (χ0n) is 14.8. The fourth-order valence-corrected chi connectivity index (χ4v) is 3.35. The first-order valence-electron chi connectivity index (χ1n) is 8.37. The minimum absolute atomic E-state index is 0.0757. The van der Waals surface area contributed by atoms with Gasteiger partial charge < -0.3 is 15.0 Å². The van der Waals surface area contributed by atoms with Gasteiger partial charge in [-0.25, -0.2) is 4.79 Å². The Hall–Kier alpha value is -1.27. The minimum atomic E-state index is -0.518. The smallest absolute Gasteiger partial charge is 0.407 e. The molecule has 1 aromatic rings. The molecule has 138 valence electrons. The van der Waals surface area contributed by atoms with Gasteiger partial charge in [-0.1, -0.05) is 27.5 Å². The molecule has 1 atom stereocenters. The third-order valence-electron chi connectivity index (χ3n) is 3.90. The maximum atomic E-state index is 12.8. The molecule has 7 heteroatoms. The third kappa shape index (κ3) is 6.19. The summed E-state index contributed by atoms with van der Waals surface area (Å²) in [6, 6.07) is 5.26. The van der Waals surface area contributed by atoms with Gasteiger partial charge in [0, 0.05) is 24.1 Å². The Bertz CT molecular complexity index is 646. The van der Waals surface area contributed by atoms with E-state index in [0.29, 0.717) is 30.2 Å². The van der Waals surface area contributed by atoms with Crippen molar-refractivity contribution in [1.82, 2.24) is 10.2 Å². The third-order valence-corrected chi connectivity index (χ3v) is 4.72. The Morgan fingerprint density at radius 2 is 2.12 bits per heavy atom. The van der Waals surface area contributed by atoms with Crippen LogP contribution in [0.1, 0.15) is 44.0 Å². The summed E-state index contributed by atoms with van der Waals surface area (Å²) in [5.74, 6) is 0.129. The molecule has 1 N–H and O–H groups in total. The molecule has 0 bridgehead atoms. The van der Waals surface area contributed by atoms with E-state index in [9.17, 15) is 9.59 Å². The number of rotatable bonds is 3. The van der Waals surface area contributed by atoms with E-state index in [2.05, 4.69) is 21.2 Å². The Morgan fingerprint density at radius 3 is 2.80 bits per heavy atom. The fraction of sp³-hybridized carbons (Fsp3) is 0.556. The first-order valence-corrected chi connectivity index (χ1v) is 9.54. The maximum absolute atomic E-state index is 12.8. The van der Waals surface area contributed by atoms with Crippen LogP contribution in [0, 0.1) is 5.92 Å². The summed E-state index contributed by atoms with van der Waals surface area (Å²) in [6.07, 6.45) is 1.44. The molecule has 0 aliphatic carbocycles. The highest BCUT2D eigenvalue weighted by Crippen LogP contribution is 2.25. The van der Waals surface area contributed by atoms with Crippen LogP contribution in [-0.4, -0.2) is 42.1 Å². The molecule has 2 rings (SSSR count). The fourth-order valence-electron chi connectivity index (χ4n) is 2.79. The predicted molar refractivity (Wildman–Crippen MR) is 102 cm³/mol. The Morgan fingerprint density at radius 1 is 1.40 bits per heavy atom. The van der Waals surface area contributed by atoms with E-state index >= 15 is 0 Å². The van der Waals surface area contributed by atoms with Crippen LogP contribution in [0.2, 0.25) is 5.02 Å². The highest BCUT2D eigenvalue weighted by atomic mass is 79.9. The van der Waals surface area contributed by atoms with Crippen LogP contribution in [0.15, 0.2) is 22.7 Å². The molecule has 1 aliphatic heterocycles. The molecule has 0 radical (unpaired) electrons. The summed E-state index contributed by atoms with van der Waals surface area (Å²) in [5, 5.41) is 3.24. The van der Waals surface area contributed by atoms with E-state index in [-0.39, 0.29) is 11.8 Å². The van der Waals surface area contributed by atoms with Gasteiger partial charge in [-0.15, -0.1) is 0 Å². The van der Waals surface area contributed by atoms with Crippen LogP contribution in [-0.2, 0) is 4.74 Å². The van der Waals surface area contributed by atoms with Gasteiger partial charge in [-0.05, 0) is 57.7 Å². The first-order chi connectivity index (χ1) is 11.7. The molecule has 0 spiro atoms. The topological polar surface area (TPSA) is 58.6 Å². The first kappa shape index (κ1) is 20.0. The molecule has 1 aliphatic rings. The molecule has 1 fully saturated rings. The number of nitrogens with zero attached hydrogens (tertiary/aromatic N) is 1. The number of halogens is 2. The summed E-state index contributed by atoms with van der Waals surface area (Å²) in [6.45, 7) is 7.27. The van der Waals surface area contributed by atoms with E-state index < -0.39 is 11.7 Å². The van der Waals surface area contributed by atoms with Crippen molar-refractivity contribution < 1.29 is 14.3 Å². The zero-order chi connectivity index (χ0) is 18.6. The van der Waals surface area contributed by atoms with Crippen molar-refractivity contribution in [2.24, 2.45) is 5.92 Å². The van der Waals surface area contributed by atoms with Gasteiger partial charge in [0.2, 0.25) is 0 Å². The molecule has 0 aromatic heterocycles. The van der Waals surface area contributed by atoms with Crippen LogP contribution in [0.3, 0.4) is 0 Å². The highest BCUT2D eigenvalue weighted by Gasteiger charge is 2.26. The number of ether oxygens (including phenoxy) is 1. The molecule has 1 heterocycles. The Balaban J connectivity index is 1.93. The van der Waals surface area contributed by atoms with Crippen molar-refractivity contribution in [1.29, 1.82) is 0 Å². The summed E-state index contributed by atoms with van der Waals surface area (Å²) in [4.78, 5) is 26.3. The van der Waals surface area contributed by atoms with Gasteiger partial charge in [0.15, 0.2) is 0 Å².